The topological polar surface area (TPSA) is 84.7 Å². The Morgan fingerprint density at radius 1 is 1.62 bits per heavy atom. The van der Waals surface area contributed by atoms with E-state index < -0.39 is 0 Å². The van der Waals surface area contributed by atoms with Gasteiger partial charge in [-0.2, -0.15) is 0 Å². The summed E-state index contributed by atoms with van der Waals surface area (Å²) in [7, 11) is 0. The van der Waals surface area contributed by atoms with Gasteiger partial charge in [-0.1, -0.05) is 0 Å². The first-order valence-corrected chi connectivity index (χ1v) is 3.83. The van der Waals surface area contributed by atoms with E-state index in [-0.39, 0.29) is 12.3 Å². The Hall–Kier alpha value is -1.75. The van der Waals surface area contributed by atoms with Crippen molar-refractivity contribution in [2.75, 3.05) is 6.54 Å². The van der Waals surface area contributed by atoms with Crippen molar-refractivity contribution in [3.05, 3.63) is 24.3 Å². The number of ketones is 1. The SMILES string of the molecule is NCC(=O)c1cc2cncnc2[nH]1. The minimum absolute atomic E-state index is 0.000248. The Labute approximate surface area is 74.0 Å². The lowest BCUT2D eigenvalue weighted by Crippen LogP contribution is -2.13. The molecule has 2 aromatic rings. The standard InChI is InChI=1S/C8H8N4O/c9-2-7(13)6-1-5-3-10-4-11-8(5)12-6/h1,3-4H,2,9H2,(H,10,11,12). The Morgan fingerprint density at radius 3 is 3.15 bits per heavy atom. The molecule has 0 saturated heterocycles. The van der Waals surface area contributed by atoms with Crippen LogP contribution in [-0.2, 0) is 0 Å². The van der Waals surface area contributed by atoms with E-state index in [4.69, 9.17) is 5.73 Å². The molecule has 0 saturated carbocycles. The summed E-state index contributed by atoms with van der Waals surface area (Å²) in [6.07, 6.45) is 3.07. The van der Waals surface area contributed by atoms with E-state index in [1.807, 2.05) is 0 Å². The van der Waals surface area contributed by atoms with Crippen LogP contribution in [0.5, 0.6) is 0 Å². The third-order valence-corrected chi connectivity index (χ3v) is 1.78. The molecular weight excluding hydrogens is 168 g/mol. The Morgan fingerprint density at radius 2 is 2.46 bits per heavy atom. The van der Waals surface area contributed by atoms with Crippen LogP contribution in [0.4, 0.5) is 0 Å². The number of carbonyl (C=O) groups is 1. The third-order valence-electron chi connectivity index (χ3n) is 1.78. The Kier molecular flexibility index (Phi) is 1.79. The number of aromatic amines is 1. The number of nitrogens with one attached hydrogen (secondary N) is 1. The maximum absolute atomic E-state index is 11.2. The fourth-order valence-corrected chi connectivity index (χ4v) is 1.13. The summed E-state index contributed by atoms with van der Waals surface area (Å²) in [5.74, 6) is -0.127. The minimum Gasteiger partial charge on any atom is -0.337 e. The van der Waals surface area contributed by atoms with Crippen LogP contribution in [0.2, 0.25) is 0 Å². The van der Waals surface area contributed by atoms with Crippen molar-refractivity contribution in [3.8, 4) is 0 Å². The van der Waals surface area contributed by atoms with Gasteiger partial charge >= 0.3 is 0 Å². The maximum Gasteiger partial charge on any atom is 0.192 e. The summed E-state index contributed by atoms with van der Waals surface area (Å²) in [6, 6.07) is 1.70. The van der Waals surface area contributed by atoms with Crippen molar-refractivity contribution in [2.24, 2.45) is 5.73 Å². The number of nitrogens with zero attached hydrogens (tertiary/aromatic N) is 2. The summed E-state index contributed by atoms with van der Waals surface area (Å²) in [5.41, 5.74) is 6.36. The van der Waals surface area contributed by atoms with Gasteiger partial charge < -0.3 is 10.7 Å². The van der Waals surface area contributed by atoms with Gasteiger partial charge in [0.1, 0.15) is 12.0 Å². The third kappa shape index (κ3) is 1.29. The largest absolute Gasteiger partial charge is 0.337 e. The van der Waals surface area contributed by atoms with E-state index in [1.54, 1.807) is 12.3 Å². The van der Waals surface area contributed by atoms with Crippen molar-refractivity contribution in [1.29, 1.82) is 0 Å². The Balaban J connectivity index is 2.56. The number of rotatable bonds is 2. The maximum atomic E-state index is 11.2. The van der Waals surface area contributed by atoms with Crippen LogP contribution >= 0.6 is 0 Å². The van der Waals surface area contributed by atoms with Gasteiger partial charge in [0.05, 0.1) is 12.2 Å². The molecule has 5 heteroatoms. The highest BCUT2D eigenvalue weighted by molar-refractivity contribution is 5.99. The number of H-pyrrole nitrogens is 1. The van der Waals surface area contributed by atoms with Gasteiger partial charge in [-0.15, -0.1) is 0 Å². The van der Waals surface area contributed by atoms with Gasteiger partial charge in [-0.3, -0.25) is 4.79 Å². The molecule has 0 radical (unpaired) electrons. The second-order valence-electron chi connectivity index (χ2n) is 2.64. The molecule has 0 atom stereocenters. The molecule has 0 amide bonds. The predicted octanol–water partition coefficient (Wildman–Crippen LogP) is 0.0993. The number of nitrogens with two attached hydrogens (primary N) is 1. The van der Waals surface area contributed by atoms with Crippen LogP contribution in [0.15, 0.2) is 18.6 Å². The number of fused-ring (bicyclic) bond motifs is 1. The highest BCUT2D eigenvalue weighted by Gasteiger charge is 2.07. The predicted molar refractivity (Wildman–Crippen MR) is 47.3 cm³/mol. The normalized spacial score (nSPS) is 10.5. The van der Waals surface area contributed by atoms with Crippen molar-refractivity contribution in [3.63, 3.8) is 0 Å². The second kappa shape index (κ2) is 2.95. The average molecular weight is 176 g/mol. The van der Waals surface area contributed by atoms with Crippen molar-refractivity contribution < 1.29 is 4.79 Å². The molecule has 0 aliphatic heterocycles. The molecule has 0 spiro atoms. The summed E-state index contributed by atoms with van der Waals surface area (Å²) in [6.45, 7) is 0.000248. The van der Waals surface area contributed by atoms with E-state index in [9.17, 15) is 4.79 Å². The molecule has 0 aliphatic carbocycles. The van der Waals surface area contributed by atoms with Gasteiger partial charge in [-0.25, -0.2) is 9.97 Å². The molecule has 2 rings (SSSR count). The molecule has 0 unspecified atom stereocenters. The van der Waals surface area contributed by atoms with Gasteiger partial charge in [0.15, 0.2) is 5.78 Å². The molecule has 0 fully saturated rings. The van der Waals surface area contributed by atoms with Crippen LogP contribution < -0.4 is 5.73 Å². The fourth-order valence-electron chi connectivity index (χ4n) is 1.13. The van der Waals surface area contributed by atoms with Crippen LogP contribution in [0, 0.1) is 0 Å². The molecule has 66 valence electrons. The molecule has 2 aromatic heterocycles. The molecular formula is C8H8N4O. The van der Waals surface area contributed by atoms with Crippen LogP contribution in [0.25, 0.3) is 11.0 Å². The van der Waals surface area contributed by atoms with Crippen molar-refractivity contribution in [1.82, 2.24) is 15.0 Å². The van der Waals surface area contributed by atoms with Crippen LogP contribution in [0.1, 0.15) is 10.5 Å². The fraction of sp³-hybridized carbons (Fsp3) is 0.125. The summed E-state index contributed by atoms with van der Waals surface area (Å²) >= 11 is 0. The van der Waals surface area contributed by atoms with E-state index in [2.05, 4.69) is 15.0 Å². The van der Waals surface area contributed by atoms with Gasteiger partial charge in [0.2, 0.25) is 0 Å². The van der Waals surface area contributed by atoms with E-state index in [1.165, 1.54) is 6.33 Å². The first-order valence-electron chi connectivity index (χ1n) is 3.83. The zero-order valence-electron chi connectivity index (χ0n) is 6.82. The first kappa shape index (κ1) is 7.88. The van der Waals surface area contributed by atoms with Crippen molar-refractivity contribution in [2.45, 2.75) is 0 Å². The van der Waals surface area contributed by atoms with E-state index in [0.29, 0.717) is 11.3 Å². The zero-order valence-corrected chi connectivity index (χ0v) is 6.82. The summed E-state index contributed by atoms with van der Waals surface area (Å²) in [4.78, 5) is 21.8. The zero-order chi connectivity index (χ0) is 9.26. The van der Waals surface area contributed by atoms with Crippen LogP contribution in [-0.4, -0.2) is 27.3 Å². The summed E-state index contributed by atoms with van der Waals surface area (Å²) in [5, 5.41) is 0.819. The number of aromatic nitrogens is 3. The van der Waals surface area contributed by atoms with E-state index in [0.717, 1.165) is 5.39 Å². The first-order chi connectivity index (χ1) is 6.31. The molecule has 0 aromatic carbocycles. The van der Waals surface area contributed by atoms with Gasteiger partial charge in [-0.05, 0) is 6.07 Å². The lowest BCUT2D eigenvalue weighted by molar-refractivity contribution is 0.0997. The molecule has 2 heterocycles. The minimum atomic E-state index is -0.127. The quantitative estimate of drug-likeness (QED) is 0.635. The Bertz CT molecular complexity index is 415. The highest BCUT2D eigenvalue weighted by atomic mass is 16.1. The highest BCUT2D eigenvalue weighted by Crippen LogP contribution is 2.10. The monoisotopic (exact) mass is 176 g/mol. The van der Waals surface area contributed by atoms with Crippen molar-refractivity contribution >= 4 is 16.8 Å². The smallest absolute Gasteiger partial charge is 0.192 e. The molecule has 0 bridgehead atoms. The summed E-state index contributed by atoms with van der Waals surface area (Å²) < 4.78 is 0. The average Bonchev–Trinajstić information content (AvgIpc) is 2.59. The molecule has 0 aliphatic rings. The van der Waals surface area contributed by atoms with Gasteiger partial charge in [0, 0.05) is 11.6 Å². The van der Waals surface area contributed by atoms with E-state index >= 15 is 0 Å². The molecule has 3 N–H and O–H groups in total. The van der Waals surface area contributed by atoms with Crippen LogP contribution in [0.3, 0.4) is 0 Å². The number of Topliss-reactive ketones (excluding diaryl/α,β-unsaturated/α-hetero) is 1. The number of hydrogen-bond donors (Lipinski definition) is 2. The van der Waals surface area contributed by atoms with Gasteiger partial charge in [0.25, 0.3) is 0 Å². The lowest BCUT2D eigenvalue weighted by Gasteiger charge is -1.88. The number of carbonyl (C=O) groups excluding carboxylic acids is 1. The lowest BCUT2D eigenvalue weighted by atomic mass is 10.3. The number of hydrogen-bond acceptors (Lipinski definition) is 4. The molecule has 13 heavy (non-hydrogen) atoms. The molecule has 5 nitrogen and oxygen atoms in total. The second-order valence-corrected chi connectivity index (χ2v) is 2.64.